The summed E-state index contributed by atoms with van der Waals surface area (Å²) in [6.45, 7) is 8.54. The molecule has 1 fully saturated rings. The highest BCUT2D eigenvalue weighted by Gasteiger charge is 2.19. The molecule has 0 radical (unpaired) electrons. The zero-order chi connectivity index (χ0) is 19.4. The topological polar surface area (TPSA) is 77.0 Å². The summed E-state index contributed by atoms with van der Waals surface area (Å²) >= 11 is 0. The van der Waals surface area contributed by atoms with Gasteiger partial charge in [0.2, 0.25) is 5.91 Å². The smallest absolute Gasteiger partial charge is 0.236 e. The van der Waals surface area contributed by atoms with Crippen LogP contribution in [0, 0.1) is 0 Å². The maximum Gasteiger partial charge on any atom is 0.236 e. The van der Waals surface area contributed by atoms with Crippen LogP contribution in [0.25, 0.3) is 17.0 Å². The monoisotopic (exact) mass is 366 g/mol. The van der Waals surface area contributed by atoms with E-state index in [1.54, 1.807) is 11.2 Å². The molecular weight excluding hydrogens is 340 g/mol. The molecule has 7 heteroatoms. The first-order valence-electron chi connectivity index (χ1n) is 9.06. The Bertz CT molecular complexity index is 920. The number of nitrogens with one attached hydrogen (secondary N) is 1. The number of rotatable bonds is 5. The Morgan fingerprint density at radius 2 is 2.11 bits per heavy atom. The van der Waals surface area contributed by atoms with E-state index in [0.29, 0.717) is 13.2 Å². The van der Waals surface area contributed by atoms with E-state index >= 15 is 0 Å². The first-order valence-corrected chi connectivity index (χ1v) is 9.06. The maximum atomic E-state index is 11.7. The number of fused-ring (bicyclic) bond motifs is 1. The predicted octanol–water partition coefficient (Wildman–Crippen LogP) is 2.55. The van der Waals surface area contributed by atoms with Crippen molar-refractivity contribution in [3.8, 4) is 0 Å². The fourth-order valence-corrected chi connectivity index (χ4v) is 3.00. The number of likely N-dealkylation sites (N-methyl/N-ethyl adjacent to an activating group) is 1. The van der Waals surface area contributed by atoms with E-state index in [4.69, 9.17) is 0 Å². The number of amides is 1. The lowest BCUT2D eigenvalue weighted by atomic mass is 10.1. The number of nitrogens with zero attached hydrogens (tertiary/aromatic N) is 5. The number of piperazine rings is 1. The zero-order valence-electron chi connectivity index (χ0n) is 16.4. The molecule has 2 heterocycles. The van der Waals surface area contributed by atoms with Crippen molar-refractivity contribution in [2.45, 2.75) is 20.8 Å². The molecule has 27 heavy (non-hydrogen) atoms. The molecular formula is C20H26N6O. The van der Waals surface area contributed by atoms with Gasteiger partial charge < -0.3 is 4.90 Å². The van der Waals surface area contributed by atoms with Gasteiger partial charge in [0.15, 0.2) is 0 Å². The first kappa shape index (κ1) is 19.0. The Labute approximate surface area is 159 Å². The van der Waals surface area contributed by atoms with E-state index in [1.165, 1.54) is 5.57 Å². The van der Waals surface area contributed by atoms with Gasteiger partial charge in [-0.1, -0.05) is 17.7 Å². The minimum absolute atomic E-state index is 0.131. The van der Waals surface area contributed by atoms with Crippen LogP contribution in [0.5, 0.6) is 0 Å². The quantitative estimate of drug-likeness (QED) is 0.653. The van der Waals surface area contributed by atoms with Crippen molar-refractivity contribution >= 4 is 34.9 Å². The number of carbonyl (C=O) groups is 1. The van der Waals surface area contributed by atoms with Crippen LogP contribution in [0.2, 0.25) is 0 Å². The van der Waals surface area contributed by atoms with Crippen molar-refractivity contribution in [2.75, 3.05) is 33.4 Å². The van der Waals surface area contributed by atoms with E-state index in [9.17, 15) is 4.79 Å². The van der Waals surface area contributed by atoms with Gasteiger partial charge in [0.1, 0.15) is 12.0 Å². The second kappa shape index (κ2) is 8.26. The standard InChI is InChI=1S/C20H26N6O/c1-14(2)9-16-5-6-18-17(10-16)20(24-23-18)15(3)22-12-21-13-26-8-7-25(4)19(27)11-26/h5-6,9-10,12H,7-8,11,13H2,1-4H3,(H,23,24)/b21-12-,22-15+. The summed E-state index contributed by atoms with van der Waals surface area (Å²) in [5, 5.41) is 8.50. The molecule has 7 nitrogen and oxygen atoms in total. The Hall–Kier alpha value is -2.80. The summed E-state index contributed by atoms with van der Waals surface area (Å²) in [6.07, 6.45) is 3.69. The van der Waals surface area contributed by atoms with Crippen LogP contribution in [0.3, 0.4) is 0 Å². The minimum Gasteiger partial charge on any atom is -0.343 e. The summed E-state index contributed by atoms with van der Waals surface area (Å²) in [5.41, 5.74) is 5.01. The fourth-order valence-electron chi connectivity index (χ4n) is 3.00. The molecule has 0 spiro atoms. The molecule has 1 aromatic carbocycles. The number of hydrogen-bond donors (Lipinski definition) is 1. The van der Waals surface area contributed by atoms with Crippen LogP contribution in [0.4, 0.5) is 0 Å². The highest BCUT2D eigenvalue weighted by atomic mass is 16.2. The lowest BCUT2D eigenvalue weighted by Gasteiger charge is -2.30. The van der Waals surface area contributed by atoms with Gasteiger partial charge >= 0.3 is 0 Å². The third kappa shape index (κ3) is 4.68. The van der Waals surface area contributed by atoms with E-state index in [-0.39, 0.29) is 5.91 Å². The number of aromatic amines is 1. The third-order valence-corrected chi connectivity index (χ3v) is 4.54. The number of allylic oxidation sites excluding steroid dienone is 1. The molecule has 1 saturated heterocycles. The molecule has 3 rings (SSSR count). The zero-order valence-corrected chi connectivity index (χ0v) is 16.4. The Kier molecular flexibility index (Phi) is 5.81. The number of hydrogen-bond acceptors (Lipinski definition) is 4. The van der Waals surface area contributed by atoms with Gasteiger partial charge in [0.05, 0.1) is 24.4 Å². The fraction of sp³-hybridized carbons (Fsp3) is 0.400. The molecule has 142 valence electrons. The van der Waals surface area contributed by atoms with Gasteiger partial charge in [-0.2, -0.15) is 5.10 Å². The number of benzene rings is 1. The van der Waals surface area contributed by atoms with E-state index in [1.807, 2.05) is 24.9 Å². The van der Waals surface area contributed by atoms with Crippen molar-refractivity contribution in [3.05, 3.63) is 35.0 Å². The number of carbonyl (C=O) groups excluding carboxylic acids is 1. The molecule has 1 aromatic heterocycles. The molecule has 1 aliphatic heterocycles. The van der Waals surface area contributed by atoms with Gasteiger partial charge in [-0.05, 0) is 38.5 Å². The predicted molar refractivity (Wildman–Crippen MR) is 110 cm³/mol. The molecule has 0 aliphatic carbocycles. The molecule has 1 amide bonds. The maximum absolute atomic E-state index is 11.7. The summed E-state index contributed by atoms with van der Waals surface area (Å²) in [4.78, 5) is 24.2. The van der Waals surface area contributed by atoms with Crippen LogP contribution >= 0.6 is 0 Å². The van der Waals surface area contributed by atoms with Crippen molar-refractivity contribution in [1.82, 2.24) is 20.0 Å². The van der Waals surface area contributed by atoms with Crippen molar-refractivity contribution in [1.29, 1.82) is 0 Å². The molecule has 2 aromatic rings. The molecule has 1 N–H and O–H groups in total. The average Bonchev–Trinajstić information content (AvgIpc) is 3.04. The van der Waals surface area contributed by atoms with Crippen LogP contribution in [-0.4, -0.2) is 71.3 Å². The first-order chi connectivity index (χ1) is 12.9. The van der Waals surface area contributed by atoms with Gasteiger partial charge in [0, 0.05) is 25.5 Å². The summed E-state index contributed by atoms with van der Waals surface area (Å²) in [5.74, 6) is 0.131. The normalized spacial score (nSPS) is 16.5. The summed E-state index contributed by atoms with van der Waals surface area (Å²) in [6, 6.07) is 6.22. The van der Waals surface area contributed by atoms with Crippen LogP contribution in [0.15, 0.2) is 33.8 Å². The summed E-state index contributed by atoms with van der Waals surface area (Å²) in [7, 11) is 1.83. The highest BCUT2D eigenvalue weighted by Crippen LogP contribution is 2.20. The molecule has 0 bridgehead atoms. The Morgan fingerprint density at radius 1 is 1.30 bits per heavy atom. The van der Waals surface area contributed by atoms with Crippen LogP contribution < -0.4 is 0 Å². The largest absolute Gasteiger partial charge is 0.343 e. The van der Waals surface area contributed by atoms with E-state index in [2.05, 4.69) is 52.2 Å². The number of H-pyrrole nitrogens is 1. The molecule has 0 atom stereocenters. The lowest BCUT2D eigenvalue weighted by molar-refractivity contribution is -0.134. The second-order valence-electron chi connectivity index (χ2n) is 7.12. The second-order valence-corrected chi connectivity index (χ2v) is 7.12. The third-order valence-electron chi connectivity index (χ3n) is 4.54. The number of aliphatic imine (C=N–C) groups is 2. The molecule has 0 unspecified atom stereocenters. The van der Waals surface area contributed by atoms with Crippen molar-refractivity contribution in [2.24, 2.45) is 9.98 Å². The van der Waals surface area contributed by atoms with E-state index < -0.39 is 0 Å². The van der Waals surface area contributed by atoms with E-state index in [0.717, 1.165) is 41.0 Å². The average molecular weight is 366 g/mol. The SMILES string of the molecule is CC(C)=Cc1ccc2[nH]nc(/C(C)=N/C=N\CN3CCN(C)C(=O)C3)c2c1. The van der Waals surface area contributed by atoms with Gasteiger partial charge in [-0.15, -0.1) is 0 Å². The summed E-state index contributed by atoms with van der Waals surface area (Å²) < 4.78 is 0. The highest BCUT2D eigenvalue weighted by molar-refractivity contribution is 6.10. The Balaban J connectivity index is 1.70. The van der Waals surface area contributed by atoms with Gasteiger partial charge in [-0.3, -0.25) is 19.8 Å². The van der Waals surface area contributed by atoms with Crippen molar-refractivity contribution in [3.63, 3.8) is 0 Å². The van der Waals surface area contributed by atoms with Crippen LogP contribution in [0.1, 0.15) is 32.0 Å². The van der Waals surface area contributed by atoms with Crippen molar-refractivity contribution < 1.29 is 4.79 Å². The number of aromatic nitrogens is 2. The van der Waals surface area contributed by atoms with Gasteiger partial charge in [0.25, 0.3) is 0 Å². The van der Waals surface area contributed by atoms with Gasteiger partial charge in [-0.25, -0.2) is 4.99 Å². The van der Waals surface area contributed by atoms with Crippen LogP contribution in [-0.2, 0) is 4.79 Å². The lowest BCUT2D eigenvalue weighted by Crippen LogP contribution is -2.48. The molecule has 0 saturated carbocycles. The Morgan fingerprint density at radius 3 is 2.85 bits per heavy atom. The molecule has 1 aliphatic rings. The minimum atomic E-state index is 0.131.